The summed E-state index contributed by atoms with van der Waals surface area (Å²) in [6.07, 6.45) is 1.16. The molecule has 0 aliphatic heterocycles. The molecule has 2 aromatic carbocycles. The van der Waals surface area contributed by atoms with E-state index in [0.29, 0.717) is 17.0 Å². The van der Waals surface area contributed by atoms with Crippen molar-refractivity contribution in [1.82, 2.24) is 14.7 Å². The van der Waals surface area contributed by atoms with Gasteiger partial charge in [0.25, 0.3) is 0 Å². The third-order valence-corrected chi connectivity index (χ3v) is 4.86. The van der Waals surface area contributed by atoms with Crippen LogP contribution in [0.1, 0.15) is 5.69 Å². The van der Waals surface area contributed by atoms with Gasteiger partial charge >= 0.3 is 0 Å². The summed E-state index contributed by atoms with van der Waals surface area (Å²) in [7, 11) is -3.47. The highest BCUT2D eigenvalue weighted by Crippen LogP contribution is 2.23. The molecule has 0 aliphatic rings. The third kappa shape index (κ3) is 2.94. The Morgan fingerprint density at radius 2 is 1.76 bits per heavy atom. The fourth-order valence-corrected chi connectivity index (χ4v) is 3.60. The Bertz CT molecular complexity index is 1140. The summed E-state index contributed by atoms with van der Waals surface area (Å²) in [6, 6.07) is 18.8. The maximum atomic E-state index is 12.1. The van der Waals surface area contributed by atoms with Gasteiger partial charge in [0.1, 0.15) is 5.69 Å². The lowest BCUT2D eigenvalue weighted by Gasteiger charge is -2.05. The maximum absolute atomic E-state index is 12.1. The first kappa shape index (κ1) is 15.6. The van der Waals surface area contributed by atoms with Crippen molar-refractivity contribution in [3.63, 3.8) is 0 Å². The molecule has 0 saturated carbocycles. The van der Waals surface area contributed by atoms with Crippen molar-refractivity contribution in [2.24, 2.45) is 0 Å². The molecule has 4 rings (SSSR count). The van der Waals surface area contributed by atoms with Crippen molar-refractivity contribution in [2.75, 3.05) is 6.26 Å². The number of rotatable bonds is 4. The Kier molecular flexibility index (Phi) is 3.65. The number of imidazole rings is 1. The minimum atomic E-state index is -3.47. The van der Waals surface area contributed by atoms with E-state index < -0.39 is 9.84 Å². The van der Waals surface area contributed by atoms with Crippen molar-refractivity contribution in [1.29, 1.82) is 0 Å². The molecule has 6 nitrogen and oxygen atoms in total. The zero-order chi connectivity index (χ0) is 17.4. The molecular weight excluding hydrogens is 338 g/mol. The van der Waals surface area contributed by atoms with Crippen LogP contribution in [0.5, 0.6) is 0 Å². The molecule has 0 N–H and O–H groups in total. The summed E-state index contributed by atoms with van der Waals surface area (Å²) in [5, 5.41) is 4.10. The summed E-state index contributed by atoms with van der Waals surface area (Å²) < 4.78 is 31.3. The van der Waals surface area contributed by atoms with Gasteiger partial charge in [-0.05, 0) is 12.1 Å². The maximum Gasteiger partial charge on any atom is 0.228 e. The van der Waals surface area contributed by atoms with Crippen LogP contribution in [0.2, 0.25) is 0 Å². The molecule has 2 heterocycles. The average molecular weight is 353 g/mol. The van der Waals surface area contributed by atoms with E-state index >= 15 is 0 Å². The van der Waals surface area contributed by atoms with Crippen LogP contribution < -0.4 is 0 Å². The highest BCUT2D eigenvalue weighted by atomic mass is 32.2. The Hall–Kier alpha value is -2.93. The lowest BCUT2D eigenvalue weighted by atomic mass is 10.1. The summed E-state index contributed by atoms with van der Waals surface area (Å²) in [6.45, 7) is 0.263. The summed E-state index contributed by atoms with van der Waals surface area (Å²) >= 11 is 0. The van der Waals surface area contributed by atoms with E-state index in [1.165, 1.54) is 0 Å². The second-order valence-corrected chi connectivity index (χ2v) is 7.70. The molecule has 0 atom stereocenters. The van der Waals surface area contributed by atoms with E-state index in [0.717, 1.165) is 17.3 Å². The van der Waals surface area contributed by atoms with Crippen molar-refractivity contribution >= 4 is 20.9 Å². The van der Waals surface area contributed by atoms with E-state index in [1.807, 2.05) is 54.6 Å². The van der Waals surface area contributed by atoms with Crippen LogP contribution in [0.25, 0.3) is 22.4 Å². The Balaban J connectivity index is 1.78. The highest BCUT2D eigenvalue weighted by molar-refractivity contribution is 7.90. The zero-order valence-electron chi connectivity index (χ0n) is 13.5. The van der Waals surface area contributed by atoms with Crippen LogP contribution in [0, 0.1) is 0 Å². The first-order chi connectivity index (χ1) is 12.0. The number of aromatic nitrogens is 3. The van der Waals surface area contributed by atoms with Gasteiger partial charge in [0.15, 0.2) is 5.76 Å². The molecular formula is C18H15N3O3S. The number of nitrogens with zero attached hydrogens (tertiary/aromatic N) is 3. The highest BCUT2D eigenvalue weighted by Gasteiger charge is 2.20. The number of benzene rings is 2. The van der Waals surface area contributed by atoms with Crippen LogP contribution in [-0.2, 0) is 16.4 Å². The molecule has 0 radical (unpaired) electrons. The Labute approximate surface area is 144 Å². The SMILES string of the molecule is CS(=O)(=O)c1nc2ccccc2n1Cc1cc(-c2ccccc2)on1. The molecule has 0 saturated heterocycles. The van der Waals surface area contributed by atoms with Gasteiger partial charge in [-0.3, -0.25) is 0 Å². The van der Waals surface area contributed by atoms with Gasteiger partial charge in [-0.1, -0.05) is 47.6 Å². The standard InChI is InChI=1S/C18H15N3O3S/c1-25(22,23)18-19-15-9-5-6-10-16(15)21(18)12-14-11-17(24-20-14)13-7-3-2-4-8-13/h2-11H,12H2,1H3. The van der Waals surface area contributed by atoms with Crippen molar-refractivity contribution in [3.8, 4) is 11.3 Å². The van der Waals surface area contributed by atoms with Gasteiger partial charge in [0.2, 0.25) is 15.0 Å². The van der Waals surface area contributed by atoms with Gasteiger partial charge in [0.05, 0.1) is 17.6 Å². The molecule has 4 aromatic rings. The fraction of sp³-hybridized carbons (Fsp3) is 0.111. The summed E-state index contributed by atoms with van der Waals surface area (Å²) in [5.74, 6) is 0.640. The van der Waals surface area contributed by atoms with E-state index in [1.54, 1.807) is 10.6 Å². The second-order valence-electron chi connectivity index (χ2n) is 5.79. The van der Waals surface area contributed by atoms with Gasteiger partial charge in [-0.15, -0.1) is 0 Å². The van der Waals surface area contributed by atoms with Crippen molar-refractivity contribution in [2.45, 2.75) is 11.7 Å². The largest absolute Gasteiger partial charge is 0.356 e. The normalized spacial score (nSPS) is 11.9. The van der Waals surface area contributed by atoms with Crippen LogP contribution in [0.4, 0.5) is 0 Å². The summed E-state index contributed by atoms with van der Waals surface area (Å²) in [5.41, 5.74) is 2.92. The Morgan fingerprint density at radius 3 is 2.52 bits per heavy atom. The molecule has 7 heteroatoms. The number of sulfone groups is 1. The molecule has 0 fully saturated rings. The predicted molar refractivity (Wildman–Crippen MR) is 93.9 cm³/mol. The summed E-state index contributed by atoms with van der Waals surface area (Å²) in [4.78, 5) is 4.26. The number of hydrogen-bond acceptors (Lipinski definition) is 5. The molecule has 0 bridgehead atoms. The van der Waals surface area contributed by atoms with Crippen molar-refractivity contribution < 1.29 is 12.9 Å². The topological polar surface area (TPSA) is 78.0 Å². The first-order valence-corrected chi connectivity index (χ1v) is 9.58. The predicted octanol–water partition coefficient (Wildman–Crippen LogP) is 3.14. The first-order valence-electron chi connectivity index (χ1n) is 7.69. The third-order valence-electron chi connectivity index (χ3n) is 3.89. The van der Waals surface area contributed by atoms with Gasteiger partial charge < -0.3 is 9.09 Å². The molecule has 0 unspecified atom stereocenters. The van der Waals surface area contributed by atoms with Crippen LogP contribution in [0.15, 0.2) is 70.3 Å². The molecule has 0 spiro atoms. The molecule has 25 heavy (non-hydrogen) atoms. The number of para-hydroxylation sites is 2. The van der Waals surface area contributed by atoms with E-state index in [2.05, 4.69) is 10.1 Å². The lowest BCUT2D eigenvalue weighted by molar-refractivity contribution is 0.420. The van der Waals surface area contributed by atoms with Crippen molar-refractivity contribution in [3.05, 3.63) is 66.4 Å². The van der Waals surface area contributed by atoms with E-state index in [-0.39, 0.29) is 11.7 Å². The van der Waals surface area contributed by atoms with Gasteiger partial charge in [-0.2, -0.15) is 0 Å². The molecule has 0 amide bonds. The monoisotopic (exact) mass is 353 g/mol. The molecule has 0 aliphatic carbocycles. The minimum Gasteiger partial charge on any atom is -0.356 e. The van der Waals surface area contributed by atoms with E-state index in [4.69, 9.17) is 4.52 Å². The van der Waals surface area contributed by atoms with Crippen LogP contribution >= 0.6 is 0 Å². The van der Waals surface area contributed by atoms with E-state index in [9.17, 15) is 8.42 Å². The molecule has 126 valence electrons. The average Bonchev–Trinajstić information content (AvgIpc) is 3.21. The minimum absolute atomic E-state index is 0.0259. The lowest BCUT2D eigenvalue weighted by Crippen LogP contribution is -2.10. The fourth-order valence-electron chi connectivity index (χ4n) is 2.78. The molecule has 2 aromatic heterocycles. The van der Waals surface area contributed by atoms with Gasteiger partial charge in [0, 0.05) is 17.9 Å². The zero-order valence-corrected chi connectivity index (χ0v) is 14.3. The van der Waals surface area contributed by atoms with Gasteiger partial charge in [-0.25, -0.2) is 13.4 Å². The second kappa shape index (κ2) is 5.86. The number of fused-ring (bicyclic) bond motifs is 1. The number of hydrogen-bond donors (Lipinski definition) is 0. The quantitative estimate of drug-likeness (QED) is 0.563. The van der Waals surface area contributed by atoms with Crippen LogP contribution in [0.3, 0.4) is 0 Å². The Morgan fingerprint density at radius 1 is 1.04 bits per heavy atom. The van der Waals surface area contributed by atoms with Crippen LogP contribution in [-0.4, -0.2) is 29.4 Å². The smallest absolute Gasteiger partial charge is 0.228 e.